The minimum Gasteiger partial charge on any atom is -0.324 e. The second kappa shape index (κ2) is 7.38. The van der Waals surface area contributed by atoms with E-state index >= 15 is 0 Å². The molecule has 0 saturated carbocycles. The molecule has 154 valence electrons. The summed E-state index contributed by atoms with van der Waals surface area (Å²) in [5.74, 6) is -0.288. The van der Waals surface area contributed by atoms with E-state index in [1.165, 1.54) is 33.0 Å². The van der Waals surface area contributed by atoms with Gasteiger partial charge in [0.25, 0.3) is 0 Å². The average Bonchev–Trinajstić information content (AvgIpc) is 3.39. The van der Waals surface area contributed by atoms with Crippen molar-refractivity contribution < 1.29 is 13.2 Å². The Balaban J connectivity index is 1.44. The van der Waals surface area contributed by atoms with E-state index in [4.69, 9.17) is 11.6 Å². The molecule has 1 saturated heterocycles. The average molecular weight is 441 g/mol. The van der Waals surface area contributed by atoms with Gasteiger partial charge in [0.2, 0.25) is 15.9 Å². The number of nitrogens with one attached hydrogen (secondary N) is 1. The van der Waals surface area contributed by atoms with E-state index in [9.17, 15) is 13.2 Å². The van der Waals surface area contributed by atoms with Crippen LogP contribution >= 0.6 is 11.6 Å². The van der Waals surface area contributed by atoms with Crippen molar-refractivity contribution in [2.24, 2.45) is 0 Å². The molecule has 1 fully saturated rings. The molecular formula is C23H21ClN2O3S. The van der Waals surface area contributed by atoms with Crippen molar-refractivity contribution in [3.05, 3.63) is 70.7 Å². The van der Waals surface area contributed by atoms with E-state index in [0.29, 0.717) is 24.4 Å². The van der Waals surface area contributed by atoms with Gasteiger partial charge >= 0.3 is 0 Å². The molecule has 30 heavy (non-hydrogen) atoms. The number of anilines is 1. The highest BCUT2D eigenvalue weighted by atomic mass is 35.5. The molecule has 0 radical (unpaired) electrons. The minimum absolute atomic E-state index is 0.150. The van der Waals surface area contributed by atoms with Crippen LogP contribution in [0.25, 0.3) is 10.8 Å². The van der Waals surface area contributed by atoms with Crippen molar-refractivity contribution in [3.63, 3.8) is 0 Å². The molecule has 2 aliphatic rings. The maximum absolute atomic E-state index is 13.1. The minimum atomic E-state index is -3.77. The van der Waals surface area contributed by atoms with Crippen LogP contribution in [-0.2, 0) is 27.7 Å². The summed E-state index contributed by atoms with van der Waals surface area (Å²) in [5, 5.41) is 5.70. The van der Waals surface area contributed by atoms with Gasteiger partial charge in [-0.25, -0.2) is 8.42 Å². The number of carbonyl (C=O) groups is 1. The van der Waals surface area contributed by atoms with Gasteiger partial charge in [-0.2, -0.15) is 4.31 Å². The first-order valence-corrected chi connectivity index (χ1v) is 11.9. The SMILES string of the molecule is O=C(Nc1ccc2c3c(cccc13)CC2)[C@H]1CCCN1S(=O)(=O)c1ccc(Cl)cc1. The molecule has 3 aromatic carbocycles. The third kappa shape index (κ3) is 3.20. The number of halogens is 1. The number of rotatable bonds is 4. The Kier molecular flexibility index (Phi) is 4.81. The zero-order valence-corrected chi connectivity index (χ0v) is 17.8. The summed E-state index contributed by atoms with van der Waals surface area (Å²) in [5.41, 5.74) is 3.33. The fraction of sp³-hybridized carbons (Fsp3) is 0.261. The van der Waals surface area contributed by atoms with Gasteiger partial charge in [-0.3, -0.25) is 4.79 Å². The number of hydrogen-bond acceptors (Lipinski definition) is 3. The fourth-order valence-electron chi connectivity index (χ4n) is 4.60. The Morgan fingerprint density at radius 2 is 1.73 bits per heavy atom. The second-order valence-corrected chi connectivity index (χ2v) is 10.2. The molecule has 1 N–H and O–H groups in total. The first-order chi connectivity index (χ1) is 14.4. The molecule has 5 nitrogen and oxygen atoms in total. The quantitative estimate of drug-likeness (QED) is 0.654. The lowest BCUT2D eigenvalue weighted by molar-refractivity contribution is -0.119. The molecule has 0 unspecified atom stereocenters. The molecule has 1 amide bonds. The summed E-state index contributed by atoms with van der Waals surface area (Å²) in [7, 11) is -3.77. The molecule has 0 aromatic heterocycles. The van der Waals surface area contributed by atoms with Crippen LogP contribution < -0.4 is 5.32 Å². The van der Waals surface area contributed by atoms with Crippen LogP contribution in [0.2, 0.25) is 5.02 Å². The van der Waals surface area contributed by atoms with Gasteiger partial charge in [-0.1, -0.05) is 35.9 Å². The van der Waals surface area contributed by atoms with E-state index in [1.807, 2.05) is 18.2 Å². The monoisotopic (exact) mass is 440 g/mol. The molecule has 1 atom stereocenters. The molecule has 1 aliphatic carbocycles. The highest BCUT2D eigenvalue weighted by Crippen LogP contribution is 2.35. The molecule has 1 heterocycles. The van der Waals surface area contributed by atoms with Crippen LogP contribution in [0.1, 0.15) is 24.0 Å². The van der Waals surface area contributed by atoms with Crippen molar-refractivity contribution in [1.29, 1.82) is 0 Å². The number of hydrogen-bond donors (Lipinski definition) is 1. The second-order valence-electron chi connectivity index (χ2n) is 7.83. The summed E-state index contributed by atoms with van der Waals surface area (Å²) in [6.07, 6.45) is 3.17. The predicted molar refractivity (Wildman–Crippen MR) is 118 cm³/mol. The molecule has 7 heteroatoms. The van der Waals surface area contributed by atoms with E-state index in [0.717, 1.165) is 23.9 Å². The van der Waals surface area contributed by atoms with Crippen molar-refractivity contribution in [2.45, 2.75) is 36.6 Å². The third-order valence-corrected chi connectivity index (χ3v) is 8.24. The Hall–Kier alpha value is -2.41. The first kappa shape index (κ1) is 19.5. The largest absolute Gasteiger partial charge is 0.324 e. The summed E-state index contributed by atoms with van der Waals surface area (Å²) < 4.78 is 27.6. The number of carbonyl (C=O) groups excluding carboxylic acids is 1. The van der Waals surface area contributed by atoms with E-state index in [2.05, 4.69) is 17.4 Å². The lowest BCUT2D eigenvalue weighted by Gasteiger charge is -2.24. The summed E-state index contributed by atoms with van der Waals surface area (Å²) in [6.45, 7) is 0.326. The van der Waals surface area contributed by atoms with Gasteiger partial charge in [0.05, 0.1) is 4.90 Å². The van der Waals surface area contributed by atoms with Gasteiger partial charge < -0.3 is 5.32 Å². The predicted octanol–water partition coefficient (Wildman–Crippen LogP) is 4.38. The van der Waals surface area contributed by atoms with Crippen molar-refractivity contribution in [3.8, 4) is 0 Å². The van der Waals surface area contributed by atoms with Crippen LogP contribution in [-0.4, -0.2) is 31.2 Å². The van der Waals surface area contributed by atoms with Crippen LogP contribution in [0.3, 0.4) is 0 Å². The van der Waals surface area contributed by atoms with Crippen LogP contribution in [0.4, 0.5) is 5.69 Å². The molecular weight excluding hydrogens is 420 g/mol. The van der Waals surface area contributed by atoms with E-state index < -0.39 is 16.1 Å². The van der Waals surface area contributed by atoms with Gasteiger partial charge in [0, 0.05) is 22.6 Å². The maximum atomic E-state index is 13.1. The van der Waals surface area contributed by atoms with Gasteiger partial charge in [-0.15, -0.1) is 0 Å². The standard InChI is InChI=1S/C23H21ClN2O3S/c24-17-9-11-18(12-10-17)30(28,29)26-14-2-5-21(26)23(27)25-20-13-8-16-7-6-15-3-1-4-19(20)22(15)16/h1,3-4,8-13,21H,2,5-7,14H2,(H,25,27)/t21-/m1/s1. The number of sulfonamides is 1. The van der Waals surface area contributed by atoms with Gasteiger partial charge in [-0.05, 0) is 72.5 Å². The fourth-order valence-corrected chi connectivity index (χ4v) is 6.39. The van der Waals surface area contributed by atoms with Crippen molar-refractivity contribution >= 4 is 44.0 Å². The molecule has 0 bridgehead atoms. The summed E-state index contributed by atoms with van der Waals surface area (Å²) in [4.78, 5) is 13.3. The Morgan fingerprint density at radius 1 is 1.00 bits per heavy atom. The van der Waals surface area contributed by atoms with Crippen molar-refractivity contribution in [2.75, 3.05) is 11.9 Å². The normalized spacial score (nSPS) is 18.8. The van der Waals surface area contributed by atoms with Crippen LogP contribution in [0, 0.1) is 0 Å². The molecule has 1 aliphatic heterocycles. The Bertz CT molecular complexity index is 1250. The van der Waals surface area contributed by atoms with Gasteiger partial charge in [0.1, 0.15) is 6.04 Å². The number of nitrogens with zero attached hydrogens (tertiary/aromatic N) is 1. The zero-order chi connectivity index (χ0) is 20.9. The van der Waals surface area contributed by atoms with E-state index in [1.54, 1.807) is 12.1 Å². The number of aryl methyl sites for hydroxylation is 2. The first-order valence-electron chi connectivity index (χ1n) is 10.1. The van der Waals surface area contributed by atoms with Crippen LogP contribution in [0.5, 0.6) is 0 Å². The van der Waals surface area contributed by atoms with Crippen LogP contribution in [0.15, 0.2) is 59.5 Å². The summed E-state index contributed by atoms with van der Waals surface area (Å²) >= 11 is 5.89. The highest BCUT2D eigenvalue weighted by molar-refractivity contribution is 7.89. The molecule has 5 rings (SSSR count). The topological polar surface area (TPSA) is 66.5 Å². The summed E-state index contributed by atoms with van der Waals surface area (Å²) in [6, 6.07) is 15.5. The number of benzene rings is 3. The Morgan fingerprint density at radius 3 is 2.50 bits per heavy atom. The number of amides is 1. The van der Waals surface area contributed by atoms with Gasteiger partial charge in [0.15, 0.2) is 0 Å². The lowest BCUT2D eigenvalue weighted by atomic mass is 10.0. The lowest BCUT2D eigenvalue weighted by Crippen LogP contribution is -2.43. The highest BCUT2D eigenvalue weighted by Gasteiger charge is 2.39. The maximum Gasteiger partial charge on any atom is 0.243 e. The molecule has 3 aromatic rings. The van der Waals surface area contributed by atoms with E-state index in [-0.39, 0.29) is 10.8 Å². The zero-order valence-electron chi connectivity index (χ0n) is 16.3. The molecule has 0 spiro atoms. The third-order valence-electron chi connectivity index (χ3n) is 6.06. The smallest absolute Gasteiger partial charge is 0.243 e. The van der Waals surface area contributed by atoms with Crippen molar-refractivity contribution in [1.82, 2.24) is 4.31 Å². The Labute approximate surface area is 180 Å².